The lowest BCUT2D eigenvalue weighted by atomic mass is 9.64. The molecule has 5 heteroatoms. The summed E-state index contributed by atoms with van der Waals surface area (Å²) in [6.45, 7) is 2.17. The van der Waals surface area contributed by atoms with Gasteiger partial charge in [-0.05, 0) is 23.1 Å². The fourth-order valence-electron chi connectivity index (χ4n) is 4.76. The Balaban J connectivity index is 2.30. The Morgan fingerprint density at radius 3 is 1.34 bits per heavy atom. The average molecular weight is 508 g/mol. The van der Waals surface area contributed by atoms with Crippen LogP contribution in [0.3, 0.4) is 0 Å². The normalized spacial score (nSPS) is 14.2. The van der Waals surface area contributed by atoms with Crippen LogP contribution >= 0.6 is 33.2 Å². The summed E-state index contributed by atoms with van der Waals surface area (Å²) in [6.07, 6.45) is 5.10. The van der Waals surface area contributed by atoms with E-state index in [9.17, 15) is 0 Å². The highest BCUT2D eigenvalue weighted by Crippen LogP contribution is 2.58. The third-order valence-electron chi connectivity index (χ3n) is 6.29. The molecule has 0 amide bonds. The maximum Gasteiger partial charge on any atom is 0.379 e. The highest BCUT2D eigenvalue weighted by molar-refractivity contribution is 7.65. The predicted molar refractivity (Wildman–Crippen MR) is 140 cm³/mol. The van der Waals surface area contributed by atoms with Crippen molar-refractivity contribution in [2.24, 2.45) is 0 Å². The van der Waals surface area contributed by atoms with Crippen molar-refractivity contribution < 1.29 is 4.39 Å². The van der Waals surface area contributed by atoms with Crippen molar-refractivity contribution in [3.05, 3.63) is 108 Å². The number of alkyl halides is 1. The van der Waals surface area contributed by atoms with Crippen LogP contribution in [0.5, 0.6) is 0 Å². The van der Waals surface area contributed by atoms with Crippen LogP contribution in [-0.2, 0) is 5.41 Å². The van der Waals surface area contributed by atoms with Crippen molar-refractivity contribution >= 4 is 39.2 Å². The second kappa shape index (κ2) is 11.2. The van der Waals surface area contributed by atoms with Crippen molar-refractivity contribution in [1.82, 2.24) is 0 Å². The van der Waals surface area contributed by atoms with Crippen molar-refractivity contribution in [2.45, 2.75) is 56.2 Å². The fourth-order valence-corrected chi connectivity index (χ4v) is 8.21. The molecule has 0 nitrogen and oxygen atoms in total. The lowest BCUT2D eigenvalue weighted by Crippen LogP contribution is -2.60. The summed E-state index contributed by atoms with van der Waals surface area (Å²) in [5.74, 6) is 0. The summed E-state index contributed by atoms with van der Waals surface area (Å²) in [5, 5.41) is -2.05. The SMILES string of the molecule is CCCCCCCC(F)(C(c1ccccc1)(c1ccccc1)c1ccccc1)[Si](Cl)(Cl)Cl. The minimum atomic E-state index is -3.91. The van der Waals surface area contributed by atoms with E-state index >= 15 is 4.39 Å². The maximum atomic E-state index is 17.9. The zero-order chi connectivity index (χ0) is 23.1. The van der Waals surface area contributed by atoms with Crippen molar-refractivity contribution in [3.63, 3.8) is 0 Å². The molecule has 32 heavy (non-hydrogen) atoms. The first-order valence-electron chi connectivity index (χ1n) is 11.3. The third-order valence-corrected chi connectivity index (χ3v) is 10.5. The molecule has 1 atom stereocenters. The molecule has 3 aromatic rings. The molecule has 0 fully saturated rings. The molecule has 3 aromatic carbocycles. The van der Waals surface area contributed by atoms with Gasteiger partial charge in [0.05, 0.1) is 5.41 Å². The second-order valence-electron chi connectivity index (χ2n) is 8.31. The quantitative estimate of drug-likeness (QED) is 0.105. The van der Waals surface area contributed by atoms with Crippen molar-refractivity contribution in [1.29, 1.82) is 0 Å². The first-order valence-corrected chi connectivity index (χ1v) is 16.3. The molecule has 0 aliphatic rings. The molecule has 0 saturated heterocycles. The van der Waals surface area contributed by atoms with E-state index in [4.69, 9.17) is 33.2 Å². The molecule has 3 rings (SSSR count). The van der Waals surface area contributed by atoms with E-state index in [-0.39, 0.29) is 6.42 Å². The van der Waals surface area contributed by atoms with E-state index in [0.29, 0.717) is 6.42 Å². The van der Waals surface area contributed by atoms with Crippen molar-refractivity contribution in [2.75, 3.05) is 0 Å². The summed E-state index contributed by atoms with van der Waals surface area (Å²) in [7, 11) is 0. The van der Waals surface area contributed by atoms with Gasteiger partial charge in [-0.1, -0.05) is 130 Å². The molecule has 0 bridgehead atoms. The molecule has 0 aliphatic heterocycles. The third kappa shape index (κ3) is 4.94. The highest BCUT2D eigenvalue weighted by atomic mass is 35.8. The van der Waals surface area contributed by atoms with Crippen LogP contribution in [0.1, 0.15) is 62.1 Å². The number of halogens is 4. The van der Waals surface area contributed by atoms with Gasteiger partial charge in [0.1, 0.15) is 0 Å². The lowest BCUT2D eigenvalue weighted by Gasteiger charge is -2.49. The molecule has 1 unspecified atom stereocenters. The van der Waals surface area contributed by atoms with Gasteiger partial charge in [-0.2, -0.15) is 0 Å². The molecule has 0 radical (unpaired) electrons. The zero-order valence-electron chi connectivity index (χ0n) is 18.4. The van der Waals surface area contributed by atoms with E-state index in [0.717, 1.165) is 42.4 Å². The minimum absolute atomic E-state index is 0.193. The van der Waals surface area contributed by atoms with Gasteiger partial charge in [-0.25, -0.2) is 4.39 Å². The molecular formula is C27H30Cl3FSi. The number of hydrogen-bond acceptors (Lipinski definition) is 0. The summed E-state index contributed by atoms with van der Waals surface area (Å²) < 4.78 is 17.9. The average Bonchev–Trinajstić information content (AvgIpc) is 2.81. The molecule has 0 aromatic heterocycles. The highest BCUT2D eigenvalue weighted by Gasteiger charge is 2.66. The molecule has 0 saturated carbocycles. The standard InChI is InChI=1S/C27H30Cl3FSi/c1-2-3-4-5-15-22-26(31,32(28,29)30)27(23-16-9-6-10-17-23,24-18-11-7-12-19-24)25-20-13-8-14-21-25/h6-14,16-21H,2-5,15,22H2,1H3. The molecule has 0 aliphatic carbocycles. The summed E-state index contributed by atoms with van der Waals surface area (Å²) in [5.41, 5.74) is 1.16. The molecule has 0 heterocycles. The zero-order valence-corrected chi connectivity index (χ0v) is 21.7. The Hall–Kier alpha value is -1.32. The van der Waals surface area contributed by atoms with Crippen LogP contribution in [0.2, 0.25) is 0 Å². The summed E-state index contributed by atoms with van der Waals surface area (Å²) in [4.78, 5) is 0. The van der Waals surface area contributed by atoms with Crippen LogP contribution in [0.4, 0.5) is 4.39 Å². The van der Waals surface area contributed by atoms with Gasteiger partial charge >= 0.3 is 6.00 Å². The molecule has 0 spiro atoms. The van der Waals surface area contributed by atoms with Gasteiger partial charge in [0.25, 0.3) is 0 Å². The van der Waals surface area contributed by atoms with E-state index in [1.165, 1.54) is 0 Å². The van der Waals surface area contributed by atoms with Crippen LogP contribution in [-0.4, -0.2) is 11.3 Å². The number of unbranched alkanes of at least 4 members (excludes halogenated alkanes) is 4. The summed E-state index contributed by atoms with van der Waals surface area (Å²) >= 11 is 20.1. The van der Waals surface area contributed by atoms with Gasteiger partial charge in [-0.15, -0.1) is 33.2 Å². The van der Waals surface area contributed by atoms with Gasteiger partial charge in [0.2, 0.25) is 0 Å². The Morgan fingerprint density at radius 2 is 1.00 bits per heavy atom. The molecular weight excluding hydrogens is 478 g/mol. The number of benzene rings is 3. The second-order valence-corrected chi connectivity index (χ2v) is 16.9. The number of rotatable bonds is 11. The van der Waals surface area contributed by atoms with E-state index in [1.807, 2.05) is 91.0 Å². The van der Waals surface area contributed by atoms with Gasteiger partial charge in [0.15, 0.2) is 5.29 Å². The van der Waals surface area contributed by atoms with E-state index in [2.05, 4.69) is 6.92 Å². The Bertz CT molecular complexity index is 848. The van der Waals surface area contributed by atoms with E-state index in [1.54, 1.807) is 0 Å². The topological polar surface area (TPSA) is 0 Å². The van der Waals surface area contributed by atoms with Gasteiger partial charge in [0, 0.05) is 0 Å². The van der Waals surface area contributed by atoms with Crippen LogP contribution < -0.4 is 0 Å². The molecule has 0 N–H and O–H groups in total. The Labute approximate surface area is 206 Å². The first kappa shape index (κ1) is 25.3. The smallest absolute Gasteiger partial charge is 0.242 e. The maximum absolute atomic E-state index is 17.9. The number of hydrogen-bond donors (Lipinski definition) is 0. The first-order chi connectivity index (χ1) is 15.4. The minimum Gasteiger partial charge on any atom is -0.242 e. The Kier molecular flexibility index (Phi) is 8.86. The summed E-state index contributed by atoms with van der Waals surface area (Å²) in [6, 6.07) is 25.2. The molecule has 170 valence electrons. The Morgan fingerprint density at radius 1 is 0.625 bits per heavy atom. The van der Waals surface area contributed by atoms with Gasteiger partial charge in [-0.3, -0.25) is 0 Å². The van der Waals surface area contributed by atoms with E-state index < -0.39 is 16.7 Å². The monoisotopic (exact) mass is 506 g/mol. The van der Waals surface area contributed by atoms with Crippen LogP contribution in [0.15, 0.2) is 91.0 Å². The largest absolute Gasteiger partial charge is 0.379 e. The lowest BCUT2D eigenvalue weighted by molar-refractivity contribution is 0.171. The van der Waals surface area contributed by atoms with Crippen LogP contribution in [0, 0.1) is 0 Å². The fraction of sp³-hybridized carbons (Fsp3) is 0.333. The van der Waals surface area contributed by atoms with Gasteiger partial charge < -0.3 is 0 Å². The van der Waals surface area contributed by atoms with Crippen molar-refractivity contribution in [3.8, 4) is 0 Å². The van der Waals surface area contributed by atoms with Crippen LogP contribution in [0.25, 0.3) is 0 Å². The predicted octanol–water partition coefficient (Wildman–Crippen LogP) is 9.28.